The number of hydrogen-bond acceptors (Lipinski definition) is 2. The van der Waals surface area contributed by atoms with Crippen molar-refractivity contribution in [2.45, 2.75) is 41.5 Å². The Morgan fingerprint density at radius 1 is 0.824 bits per heavy atom. The molecule has 0 aliphatic carbocycles. The van der Waals surface area contributed by atoms with Crippen LogP contribution < -0.4 is 14.6 Å². The Hall–Kier alpha value is -3.44. The van der Waals surface area contributed by atoms with E-state index in [0.717, 1.165) is 28.6 Å². The van der Waals surface area contributed by atoms with Crippen LogP contribution in [0.5, 0.6) is 5.75 Å². The van der Waals surface area contributed by atoms with Gasteiger partial charge in [-0.15, -0.1) is 0 Å². The Labute approximate surface area is 207 Å². The lowest BCUT2D eigenvalue weighted by Crippen LogP contribution is -2.40. The Morgan fingerprint density at radius 3 is 1.88 bits per heavy atom. The smallest absolute Gasteiger partial charge is 0.327 e. The van der Waals surface area contributed by atoms with Crippen LogP contribution in [0, 0.1) is 41.5 Å². The van der Waals surface area contributed by atoms with Crippen LogP contribution in [0.15, 0.2) is 60.9 Å². The molecule has 174 valence electrons. The molecule has 5 heteroatoms. The standard InChI is InChI=1S/C29H31N3OS/c1-18-14-20(3)26(21(4)15-18)31-12-13-32(27-22(5)16-19(2)17-23(27)6)29(31)28(34)30-24-8-10-25(33-7)11-9-24/h8-17H,1-7H3/p+1. The lowest BCUT2D eigenvalue weighted by molar-refractivity contribution is -0.596. The first kappa shape index (κ1) is 23.7. The number of rotatable bonds is 5. The third-order valence-electron chi connectivity index (χ3n) is 6.12. The van der Waals surface area contributed by atoms with Gasteiger partial charge in [0, 0.05) is 5.69 Å². The Kier molecular flexibility index (Phi) is 6.58. The number of hydrogen-bond donors (Lipinski definition) is 1. The van der Waals surface area contributed by atoms with Gasteiger partial charge in [-0.3, -0.25) is 0 Å². The summed E-state index contributed by atoms with van der Waals surface area (Å²) in [5.41, 5.74) is 10.6. The van der Waals surface area contributed by atoms with E-state index in [1.807, 2.05) is 24.3 Å². The van der Waals surface area contributed by atoms with E-state index in [-0.39, 0.29) is 0 Å². The number of ether oxygens (including phenoxy) is 1. The summed E-state index contributed by atoms with van der Waals surface area (Å²) in [4.78, 5) is 0.647. The predicted molar refractivity (Wildman–Crippen MR) is 144 cm³/mol. The van der Waals surface area contributed by atoms with Crippen molar-refractivity contribution in [3.63, 3.8) is 0 Å². The SMILES string of the molecule is COc1ccc(NC(=S)c2n(-c3c(C)cc(C)cc3C)cc[n+]2-c2c(C)cc(C)cc2C)cc1. The molecule has 0 aliphatic heterocycles. The highest BCUT2D eigenvalue weighted by atomic mass is 32.1. The number of aryl methyl sites for hydroxylation is 6. The first-order valence-corrected chi connectivity index (χ1v) is 11.8. The predicted octanol–water partition coefficient (Wildman–Crippen LogP) is 6.40. The minimum atomic E-state index is 0.647. The van der Waals surface area contributed by atoms with Crippen LogP contribution in [0.25, 0.3) is 11.4 Å². The zero-order valence-corrected chi connectivity index (χ0v) is 21.8. The lowest BCUT2D eigenvalue weighted by atomic mass is 10.0. The van der Waals surface area contributed by atoms with Gasteiger partial charge >= 0.3 is 5.82 Å². The molecule has 3 aromatic carbocycles. The number of thiocarbonyl (C=S) groups is 1. The lowest BCUT2D eigenvalue weighted by Gasteiger charge is -2.14. The molecule has 0 atom stereocenters. The van der Waals surface area contributed by atoms with Gasteiger partial charge in [-0.1, -0.05) is 47.6 Å². The van der Waals surface area contributed by atoms with Crippen molar-refractivity contribution in [3.8, 4) is 17.1 Å². The Bertz CT molecular complexity index is 1260. The first-order chi connectivity index (χ1) is 16.2. The molecule has 0 fully saturated rings. The van der Waals surface area contributed by atoms with Gasteiger partial charge in [-0.05, 0) is 88.1 Å². The van der Waals surface area contributed by atoms with Gasteiger partial charge in [0.15, 0.2) is 4.99 Å². The highest BCUT2D eigenvalue weighted by Gasteiger charge is 2.28. The fourth-order valence-electron chi connectivity index (χ4n) is 4.94. The maximum Gasteiger partial charge on any atom is 0.327 e. The molecule has 1 N–H and O–H groups in total. The van der Waals surface area contributed by atoms with E-state index in [4.69, 9.17) is 17.0 Å². The topological polar surface area (TPSA) is 30.1 Å². The van der Waals surface area contributed by atoms with E-state index in [1.165, 1.54) is 33.4 Å². The third-order valence-corrected chi connectivity index (χ3v) is 6.41. The number of aromatic nitrogens is 2. The third kappa shape index (κ3) is 4.48. The average Bonchev–Trinajstić information content (AvgIpc) is 3.17. The molecular formula is C29H32N3OS+. The molecule has 0 aliphatic rings. The summed E-state index contributed by atoms with van der Waals surface area (Å²) in [5.74, 6) is 1.72. The van der Waals surface area contributed by atoms with E-state index in [2.05, 4.69) is 92.7 Å². The fraction of sp³-hybridized carbons (Fsp3) is 0.241. The van der Waals surface area contributed by atoms with Gasteiger partial charge in [-0.2, -0.15) is 9.13 Å². The van der Waals surface area contributed by atoms with Crippen molar-refractivity contribution >= 4 is 22.9 Å². The van der Waals surface area contributed by atoms with Crippen LogP contribution in [0.3, 0.4) is 0 Å². The molecule has 1 aromatic heterocycles. The summed E-state index contributed by atoms with van der Waals surface area (Å²) in [5, 5.41) is 3.45. The van der Waals surface area contributed by atoms with E-state index in [1.54, 1.807) is 7.11 Å². The summed E-state index contributed by atoms with van der Waals surface area (Å²) < 4.78 is 9.72. The zero-order chi connectivity index (χ0) is 24.6. The summed E-state index contributed by atoms with van der Waals surface area (Å²) >= 11 is 6.03. The monoisotopic (exact) mass is 470 g/mol. The van der Waals surface area contributed by atoms with Crippen molar-refractivity contribution in [1.29, 1.82) is 0 Å². The number of anilines is 1. The maximum absolute atomic E-state index is 6.03. The zero-order valence-electron chi connectivity index (χ0n) is 21.0. The molecule has 0 spiro atoms. The molecule has 0 unspecified atom stereocenters. The number of nitrogens with one attached hydrogen (secondary N) is 1. The van der Waals surface area contributed by atoms with Gasteiger partial charge < -0.3 is 10.1 Å². The molecule has 0 bridgehead atoms. The molecule has 0 saturated heterocycles. The fourth-order valence-corrected chi connectivity index (χ4v) is 5.25. The Balaban J connectivity index is 1.91. The van der Waals surface area contributed by atoms with Crippen LogP contribution in [0.2, 0.25) is 0 Å². The molecule has 4 aromatic rings. The number of benzene rings is 3. The van der Waals surface area contributed by atoms with Gasteiger partial charge in [-0.25, -0.2) is 0 Å². The second-order valence-electron chi connectivity index (χ2n) is 9.04. The largest absolute Gasteiger partial charge is 0.497 e. The van der Waals surface area contributed by atoms with Crippen molar-refractivity contribution in [3.05, 3.63) is 100 Å². The van der Waals surface area contributed by atoms with Crippen molar-refractivity contribution in [1.82, 2.24) is 4.57 Å². The van der Waals surface area contributed by atoms with Crippen molar-refractivity contribution < 1.29 is 9.30 Å². The normalized spacial score (nSPS) is 10.9. The molecule has 4 rings (SSSR count). The Morgan fingerprint density at radius 2 is 1.35 bits per heavy atom. The van der Waals surface area contributed by atoms with Crippen LogP contribution in [-0.2, 0) is 0 Å². The van der Waals surface area contributed by atoms with Crippen LogP contribution >= 0.6 is 12.2 Å². The molecule has 0 radical (unpaired) electrons. The first-order valence-electron chi connectivity index (χ1n) is 11.4. The summed E-state index contributed by atoms with van der Waals surface area (Å²) in [6.07, 6.45) is 4.22. The molecule has 1 heterocycles. The van der Waals surface area contributed by atoms with E-state index in [0.29, 0.717) is 4.99 Å². The molecule has 0 saturated carbocycles. The molecule has 0 amide bonds. The molecular weight excluding hydrogens is 438 g/mol. The van der Waals surface area contributed by atoms with Gasteiger partial charge in [0.25, 0.3) is 0 Å². The van der Waals surface area contributed by atoms with Gasteiger partial charge in [0.05, 0.1) is 7.11 Å². The quantitative estimate of drug-likeness (QED) is 0.270. The van der Waals surface area contributed by atoms with E-state index < -0.39 is 0 Å². The molecule has 4 nitrogen and oxygen atoms in total. The summed E-state index contributed by atoms with van der Waals surface area (Å²) in [6.45, 7) is 12.9. The molecule has 34 heavy (non-hydrogen) atoms. The minimum Gasteiger partial charge on any atom is -0.497 e. The summed E-state index contributed by atoms with van der Waals surface area (Å²) in [6, 6.07) is 16.7. The average molecular weight is 471 g/mol. The summed E-state index contributed by atoms with van der Waals surface area (Å²) in [7, 11) is 1.67. The van der Waals surface area contributed by atoms with E-state index >= 15 is 0 Å². The van der Waals surface area contributed by atoms with Crippen molar-refractivity contribution in [2.24, 2.45) is 0 Å². The number of methoxy groups -OCH3 is 1. The highest BCUT2D eigenvalue weighted by molar-refractivity contribution is 7.81. The van der Waals surface area contributed by atoms with Crippen molar-refractivity contribution in [2.75, 3.05) is 12.4 Å². The van der Waals surface area contributed by atoms with Crippen LogP contribution in [0.4, 0.5) is 5.69 Å². The maximum atomic E-state index is 6.03. The highest BCUT2D eigenvalue weighted by Crippen LogP contribution is 2.25. The van der Waals surface area contributed by atoms with Crippen LogP contribution in [-0.4, -0.2) is 16.7 Å². The minimum absolute atomic E-state index is 0.647. The second-order valence-corrected chi connectivity index (χ2v) is 9.45. The number of nitrogens with zero attached hydrogens (tertiary/aromatic N) is 2. The number of imidazole rings is 1. The van der Waals surface area contributed by atoms with Gasteiger partial charge in [0.2, 0.25) is 0 Å². The second kappa shape index (κ2) is 9.43. The van der Waals surface area contributed by atoms with E-state index in [9.17, 15) is 0 Å². The van der Waals surface area contributed by atoms with Gasteiger partial charge in [0.1, 0.15) is 29.5 Å². The van der Waals surface area contributed by atoms with Crippen LogP contribution in [0.1, 0.15) is 39.2 Å².